The van der Waals surface area contributed by atoms with Crippen LogP contribution in [-0.4, -0.2) is 52.5 Å². The Kier molecular flexibility index (Phi) is 8.17. The Morgan fingerprint density at radius 3 is 2.65 bits per heavy atom. The highest BCUT2D eigenvalue weighted by Gasteiger charge is 2.28. The van der Waals surface area contributed by atoms with Gasteiger partial charge in [-0.1, -0.05) is 19.8 Å². The van der Waals surface area contributed by atoms with Crippen molar-refractivity contribution in [2.24, 2.45) is 16.3 Å². The van der Waals surface area contributed by atoms with Crippen LogP contribution in [0, 0.1) is 11.3 Å². The molecule has 0 aromatic carbocycles. The summed E-state index contributed by atoms with van der Waals surface area (Å²) in [5.41, 5.74) is 0.449. The molecule has 0 aromatic rings. The van der Waals surface area contributed by atoms with E-state index in [1.165, 1.54) is 25.7 Å². The fourth-order valence-electron chi connectivity index (χ4n) is 3.47. The Balaban J connectivity index is 1.48. The summed E-state index contributed by atoms with van der Waals surface area (Å²) in [6.07, 6.45) is 8.71. The lowest BCUT2D eigenvalue weighted by Crippen LogP contribution is -2.42. The number of nitrogens with zero attached hydrogens (tertiary/aromatic N) is 1. The molecule has 0 atom stereocenters. The molecule has 5 heteroatoms. The zero-order chi connectivity index (χ0) is 16.4. The van der Waals surface area contributed by atoms with Gasteiger partial charge in [-0.2, -0.15) is 0 Å². The minimum Gasteiger partial charge on any atom is -0.381 e. The highest BCUT2D eigenvalue weighted by Crippen LogP contribution is 2.36. The summed E-state index contributed by atoms with van der Waals surface area (Å²) in [5.74, 6) is 1.61. The Bertz CT molecular complexity index is 348. The summed E-state index contributed by atoms with van der Waals surface area (Å²) >= 11 is 0. The van der Waals surface area contributed by atoms with Gasteiger partial charge in [0, 0.05) is 46.6 Å². The van der Waals surface area contributed by atoms with Crippen molar-refractivity contribution in [3.63, 3.8) is 0 Å². The number of guanidine groups is 1. The lowest BCUT2D eigenvalue weighted by atomic mass is 9.89. The molecule has 0 amide bonds. The average molecular weight is 325 g/mol. The molecular weight excluding hydrogens is 290 g/mol. The van der Waals surface area contributed by atoms with Crippen LogP contribution in [0.5, 0.6) is 0 Å². The first-order valence-electron chi connectivity index (χ1n) is 9.32. The van der Waals surface area contributed by atoms with E-state index in [0.717, 1.165) is 64.7 Å². The van der Waals surface area contributed by atoms with Crippen LogP contribution in [0.25, 0.3) is 0 Å². The number of hydrogen-bond donors (Lipinski definition) is 2. The van der Waals surface area contributed by atoms with Gasteiger partial charge in [0.15, 0.2) is 5.96 Å². The largest absolute Gasteiger partial charge is 0.381 e. The molecule has 1 saturated heterocycles. The summed E-state index contributed by atoms with van der Waals surface area (Å²) in [4.78, 5) is 4.31. The predicted molar refractivity (Wildman–Crippen MR) is 94.9 cm³/mol. The smallest absolute Gasteiger partial charge is 0.190 e. The second-order valence-electron chi connectivity index (χ2n) is 7.35. The molecule has 0 spiro atoms. The van der Waals surface area contributed by atoms with E-state index < -0.39 is 0 Å². The van der Waals surface area contributed by atoms with Crippen molar-refractivity contribution < 1.29 is 9.47 Å². The molecule has 2 aliphatic rings. The number of nitrogens with one attached hydrogen (secondary N) is 2. The lowest BCUT2D eigenvalue weighted by molar-refractivity contribution is 0.0203. The second-order valence-corrected chi connectivity index (χ2v) is 7.35. The van der Waals surface area contributed by atoms with Crippen LogP contribution >= 0.6 is 0 Å². The first kappa shape index (κ1) is 18.5. The van der Waals surface area contributed by atoms with Gasteiger partial charge in [0.25, 0.3) is 0 Å². The SMILES string of the molecule is CN=C(NCCCOCC1CCOCC1)NCC1(C)CCCC1. The van der Waals surface area contributed by atoms with E-state index in [1.54, 1.807) is 0 Å². The third kappa shape index (κ3) is 7.08. The third-order valence-corrected chi connectivity index (χ3v) is 5.17. The Labute approximate surface area is 141 Å². The summed E-state index contributed by atoms with van der Waals surface area (Å²) in [6, 6.07) is 0. The first-order valence-corrected chi connectivity index (χ1v) is 9.32. The summed E-state index contributed by atoms with van der Waals surface area (Å²) in [7, 11) is 1.84. The zero-order valence-electron chi connectivity index (χ0n) is 15.0. The Morgan fingerprint density at radius 1 is 1.22 bits per heavy atom. The highest BCUT2D eigenvalue weighted by molar-refractivity contribution is 5.79. The van der Waals surface area contributed by atoms with Gasteiger partial charge in [-0.15, -0.1) is 0 Å². The van der Waals surface area contributed by atoms with Crippen LogP contribution in [0.15, 0.2) is 4.99 Å². The van der Waals surface area contributed by atoms with E-state index in [4.69, 9.17) is 9.47 Å². The fourth-order valence-corrected chi connectivity index (χ4v) is 3.47. The molecule has 134 valence electrons. The maximum Gasteiger partial charge on any atom is 0.190 e. The summed E-state index contributed by atoms with van der Waals surface area (Å²) < 4.78 is 11.2. The maximum absolute atomic E-state index is 5.79. The molecule has 2 rings (SSSR count). The van der Waals surface area contributed by atoms with Crippen LogP contribution in [0.1, 0.15) is 51.9 Å². The summed E-state index contributed by atoms with van der Waals surface area (Å²) in [6.45, 7) is 7.81. The summed E-state index contributed by atoms with van der Waals surface area (Å²) in [5, 5.41) is 6.87. The zero-order valence-corrected chi connectivity index (χ0v) is 15.0. The highest BCUT2D eigenvalue weighted by atomic mass is 16.5. The number of rotatable bonds is 8. The van der Waals surface area contributed by atoms with Crippen LogP contribution in [-0.2, 0) is 9.47 Å². The van der Waals surface area contributed by atoms with E-state index in [-0.39, 0.29) is 0 Å². The number of hydrogen-bond acceptors (Lipinski definition) is 3. The lowest BCUT2D eigenvalue weighted by Gasteiger charge is -2.25. The van der Waals surface area contributed by atoms with E-state index in [9.17, 15) is 0 Å². The van der Waals surface area contributed by atoms with Crippen LogP contribution in [0.3, 0.4) is 0 Å². The molecule has 1 heterocycles. The van der Waals surface area contributed by atoms with Crippen molar-refractivity contribution in [1.29, 1.82) is 0 Å². The van der Waals surface area contributed by atoms with Crippen LogP contribution in [0.2, 0.25) is 0 Å². The number of ether oxygens (including phenoxy) is 2. The molecule has 0 unspecified atom stereocenters. The number of aliphatic imine (C=N–C) groups is 1. The van der Waals surface area contributed by atoms with Gasteiger partial charge in [0.1, 0.15) is 0 Å². The molecule has 0 aromatic heterocycles. The molecule has 5 nitrogen and oxygen atoms in total. The van der Waals surface area contributed by atoms with Crippen LogP contribution in [0.4, 0.5) is 0 Å². The van der Waals surface area contributed by atoms with Crippen molar-refractivity contribution in [3.05, 3.63) is 0 Å². The molecule has 2 N–H and O–H groups in total. The molecule has 2 fully saturated rings. The molecule has 23 heavy (non-hydrogen) atoms. The van der Waals surface area contributed by atoms with E-state index in [2.05, 4.69) is 22.5 Å². The topological polar surface area (TPSA) is 54.9 Å². The van der Waals surface area contributed by atoms with E-state index in [1.807, 2.05) is 7.05 Å². The van der Waals surface area contributed by atoms with Gasteiger partial charge in [-0.05, 0) is 43.4 Å². The molecule has 1 aliphatic heterocycles. The minimum absolute atomic E-state index is 0.449. The monoisotopic (exact) mass is 325 g/mol. The van der Waals surface area contributed by atoms with Gasteiger partial charge in [-0.25, -0.2) is 0 Å². The molecule has 0 bridgehead atoms. The van der Waals surface area contributed by atoms with E-state index in [0.29, 0.717) is 11.3 Å². The quantitative estimate of drug-likeness (QED) is 0.409. The molecular formula is C18H35N3O2. The molecule has 1 aliphatic carbocycles. The maximum atomic E-state index is 5.79. The second kappa shape index (κ2) is 10.1. The van der Waals surface area contributed by atoms with Gasteiger partial charge in [-0.3, -0.25) is 4.99 Å². The standard InChI is InChI=1S/C18H35N3O2/c1-18(8-3-4-9-18)15-21-17(19-2)20-10-5-11-23-14-16-6-12-22-13-7-16/h16H,3-15H2,1-2H3,(H2,19,20,21). The Hall–Kier alpha value is -0.810. The fraction of sp³-hybridized carbons (Fsp3) is 0.944. The molecule has 0 radical (unpaired) electrons. The Morgan fingerprint density at radius 2 is 1.96 bits per heavy atom. The van der Waals surface area contributed by atoms with Gasteiger partial charge >= 0.3 is 0 Å². The van der Waals surface area contributed by atoms with Gasteiger partial charge in [0.05, 0.1) is 0 Å². The normalized spacial score (nSPS) is 22.3. The third-order valence-electron chi connectivity index (χ3n) is 5.17. The minimum atomic E-state index is 0.449. The van der Waals surface area contributed by atoms with Crippen molar-refractivity contribution in [2.45, 2.75) is 51.9 Å². The van der Waals surface area contributed by atoms with Crippen molar-refractivity contribution >= 4 is 5.96 Å². The van der Waals surface area contributed by atoms with Gasteiger partial charge < -0.3 is 20.1 Å². The molecule has 1 saturated carbocycles. The van der Waals surface area contributed by atoms with Crippen molar-refractivity contribution in [1.82, 2.24) is 10.6 Å². The van der Waals surface area contributed by atoms with Crippen molar-refractivity contribution in [2.75, 3.05) is 46.6 Å². The van der Waals surface area contributed by atoms with Crippen molar-refractivity contribution in [3.8, 4) is 0 Å². The average Bonchev–Trinajstić information content (AvgIpc) is 3.01. The van der Waals surface area contributed by atoms with Crippen LogP contribution < -0.4 is 10.6 Å². The predicted octanol–water partition coefficient (Wildman–Crippen LogP) is 2.56. The van der Waals surface area contributed by atoms with E-state index >= 15 is 0 Å². The first-order chi connectivity index (χ1) is 11.2. The van der Waals surface area contributed by atoms with Gasteiger partial charge in [0.2, 0.25) is 0 Å².